The Hall–Kier alpha value is -3.55. The molecule has 1 aliphatic heterocycles. The van der Waals surface area contributed by atoms with Gasteiger partial charge in [0.2, 0.25) is 5.91 Å². The van der Waals surface area contributed by atoms with Crippen molar-refractivity contribution in [2.75, 3.05) is 31.1 Å². The van der Waals surface area contributed by atoms with Gasteiger partial charge in [-0.25, -0.2) is 13.8 Å². The van der Waals surface area contributed by atoms with Crippen LogP contribution in [0.25, 0.3) is 11.4 Å². The van der Waals surface area contributed by atoms with E-state index in [9.17, 15) is 18.4 Å². The zero-order valence-electron chi connectivity index (χ0n) is 17.8. The summed E-state index contributed by atoms with van der Waals surface area (Å²) in [6, 6.07) is 13.4. The second kappa shape index (κ2) is 9.30. The molecular formula is C24H24F2N4O2. The minimum atomic E-state index is -0.385. The predicted octanol–water partition coefficient (Wildman–Crippen LogP) is 3.10. The molecule has 0 spiro atoms. The van der Waals surface area contributed by atoms with Crippen molar-refractivity contribution in [1.29, 1.82) is 0 Å². The van der Waals surface area contributed by atoms with Crippen LogP contribution in [-0.2, 0) is 17.8 Å². The highest BCUT2D eigenvalue weighted by molar-refractivity contribution is 5.77. The molecule has 0 saturated carbocycles. The monoisotopic (exact) mass is 438 g/mol. The van der Waals surface area contributed by atoms with Gasteiger partial charge in [0.05, 0.1) is 0 Å². The molecule has 32 heavy (non-hydrogen) atoms. The van der Waals surface area contributed by atoms with E-state index in [-0.39, 0.29) is 29.6 Å². The van der Waals surface area contributed by atoms with E-state index < -0.39 is 0 Å². The van der Waals surface area contributed by atoms with E-state index in [0.717, 1.165) is 5.69 Å². The molecule has 1 fully saturated rings. The summed E-state index contributed by atoms with van der Waals surface area (Å²) in [7, 11) is 0. The van der Waals surface area contributed by atoms with E-state index in [1.54, 1.807) is 29.2 Å². The van der Waals surface area contributed by atoms with Crippen LogP contribution < -0.4 is 10.5 Å². The molecule has 0 radical (unpaired) electrons. The Bertz CT molecular complexity index is 1150. The SMILES string of the molecule is CCc1cc(=O)n(CC(=O)N2CCN(c3ccc(F)cc3)CC2)c(-c2ccc(F)cc2)n1. The summed E-state index contributed by atoms with van der Waals surface area (Å²) in [6.07, 6.45) is 0.573. The van der Waals surface area contributed by atoms with Gasteiger partial charge in [0.25, 0.3) is 5.56 Å². The minimum absolute atomic E-state index is 0.140. The van der Waals surface area contributed by atoms with Gasteiger partial charge in [-0.3, -0.25) is 14.2 Å². The highest BCUT2D eigenvalue weighted by atomic mass is 19.1. The Balaban J connectivity index is 1.51. The largest absolute Gasteiger partial charge is 0.368 e. The first-order valence-electron chi connectivity index (χ1n) is 10.6. The molecule has 0 bridgehead atoms. The van der Waals surface area contributed by atoms with Gasteiger partial charge in [0.1, 0.15) is 24.0 Å². The summed E-state index contributed by atoms with van der Waals surface area (Å²) in [4.78, 5) is 34.1. The van der Waals surface area contributed by atoms with Gasteiger partial charge < -0.3 is 9.80 Å². The first-order valence-corrected chi connectivity index (χ1v) is 10.6. The summed E-state index contributed by atoms with van der Waals surface area (Å²) in [6.45, 7) is 3.98. The predicted molar refractivity (Wildman–Crippen MR) is 118 cm³/mol. The van der Waals surface area contributed by atoms with Gasteiger partial charge in [-0.05, 0) is 55.0 Å². The van der Waals surface area contributed by atoms with Crippen molar-refractivity contribution < 1.29 is 13.6 Å². The molecule has 8 heteroatoms. The maximum Gasteiger partial charge on any atom is 0.254 e. The van der Waals surface area contributed by atoms with Crippen molar-refractivity contribution in [3.05, 3.63) is 82.3 Å². The lowest BCUT2D eigenvalue weighted by Crippen LogP contribution is -2.50. The number of nitrogens with zero attached hydrogens (tertiary/aromatic N) is 4. The molecule has 1 saturated heterocycles. The van der Waals surface area contributed by atoms with Crippen LogP contribution in [0.2, 0.25) is 0 Å². The van der Waals surface area contributed by atoms with Crippen LogP contribution in [0.4, 0.5) is 14.5 Å². The molecule has 2 heterocycles. The van der Waals surface area contributed by atoms with E-state index in [4.69, 9.17) is 0 Å². The Kier molecular flexibility index (Phi) is 6.30. The van der Waals surface area contributed by atoms with Crippen LogP contribution >= 0.6 is 0 Å². The Morgan fingerprint density at radius 1 is 0.938 bits per heavy atom. The number of hydrogen-bond donors (Lipinski definition) is 0. The summed E-state index contributed by atoms with van der Waals surface area (Å²) >= 11 is 0. The molecule has 6 nitrogen and oxygen atoms in total. The first kappa shape index (κ1) is 21.7. The summed E-state index contributed by atoms with van der Waals surface area (Å²) in [5.41, 5.74) is 1.79. The smallest absolute Gasteiger partial charge is 0.254 e. The molecule has 0 aliphatic carbocycles. The number of piperazine rings is 1. The standard InChI is InChI=1S/C24H24F2N4O2/c1-2-20-15-22(31)30(24(27-20)17-3-5-18(25)6-4-17)16-23(32)29-13-11-28(12-14-29)21-9-7-19(26)8-10-21/h3-10,15H,2,11-14,16H2,1H3. The lowest BCUT2D eigenvalue weighted by Gasteiger charge is -2.36. The molecule has 1 aromatic heterocycles. The quantitative estimate of drug-likeness (QED) is 0.614. The minimum Gasteiger partial charge on any atom is -0.368 e. The van der Waals surface area contributed by atoms with Crippen molar-refractivity contribution >= 4 is 11.6 Å². The molecular weight excluding hydrogens is 414 g/mol. The molecule has 1 aliphatic rings. The van der Waals surface area contributed by atoms with Gasteiger partial charge >= 0.3 is 0 Å². The zero-order valence-corrected chi connectivity index (χ0v) is 17.8. The number of anilines is 1. The van der Waals surface area contributed by atoms with Crippen LogP contribution in [0.1, 0.15) is 12.6 Å². The molecule has 0 unspecified atom stereocenters. The zero-order chi connectivity index (χ0) is 22.7. The number of hydrogen-bond acceptors (Lipinski definition) is 4. The summed E-state index contributed by atoms with van der Waals surface area (Å²) in [5, 5.41) is 0. The van der Waals surface area contributed by atoms with E-state index in [2.05, 4.69) is 9.88 Å². The molecule has 166 valence electrons. The third kappa shape index (κ3) is 4.69. The van der Waals surface area contributed by atoms with Crippen molar-refractivity contribution in [2.24, 2.45) is 0 Å². The highest BCUT2D eigenvalue weighted by Crippen LogP contribution is 2.19. The van der Waals surface area contributed by atoms with Crippen molar-refractivity contribution in [1.82, 2.24) is 14.5 Å². The van der Waals surface area contributed by atoms with E-state index in [1.807, 2.05) is 6.92 Å². The number of halogens is 2. The third-order valence-corrected chi connectivity index (χ3v) is 5.64. The molecule has 3 aromatic rings. The molecule has 0 N–H and O–H groups in total. The first-order chi connectivity index (χ1) is 15.4. The van der Waals surface area contributed by atoms with Crippen LogP contribution in [0, 0.1) is 11.6 Å². The normalized spacial score (nSPS) is 14.0. The fraction of sp³-hybridized carbons (Fsp3) is 0.292. The Morgan fingerprint density at radius 2 is 1.53 bits per heavy atom. The number of aryl methyl sites for hydroxylation is 1. The second-order valence-corrected chi connectivity index (χ2v) is 7.70. The second-order valence-electron chi connectivity index (χ2n) is 7.70. The lowest BCUT2D eigenvalue weighted by molar-refractivity contribution is -0.132. The van der Waals surface area contributed by atoms with Gasteiger partial charge in [0, 0.05) is 49.2 Å². The number of amides is 1. The van der Waals surface area contributed by atoms with E-state index in [1.165, 1.54) is 34.9 Å². The van der Waals surface area contributed by atoms with Crippen LogP contribution in [0.5, 0.6) is 0 Å². The van der Waals surface area contributed by atoms with Crippen LogP contribution in [0.3, 0.4) is 0 Å². The van der Waals surface area contributed by atoms with Gasteiger partial charge in [-0.15, -0.1) is 0 Å². The number of aromatic nitrogens is 2. The molecule has 2 aromatic carbocycles. The lowest BCUT2D eigenvalue weighted by atomic mass is 10.2. The molecule has 4 rings (SSSR count). The van der Waals surface area contributed by atoms with Gasteiger partial charge in [-0.2, -0.15) is 0 Å². The van der Waals surface area contributed by atoms with E-state index >= 15 is 0 Å². The summed E-state index contributed by atoms with van der Waals surface area (Å²) < 4.78 is 27.9. The summed E-state index contributed by atoms with van der Waals surface area (Å²) in [5.74, 6) is -0.495. The maximum absolute atomic E-state index is 13.4. The average molecular weight is 438 g/mol. The fourth-order valence-electron chi connectivity index (χ4n) is 3.81. The Morgan fingerprint density at radius 3 is 2.12 bits per heavy atom. The van der Waals surface area contributed by atoms with Crippen LogP contribution in [-0.4, -0.2) is 46.5 Å². The number of benzene rings is 2. The fourth-order valence-corrected chi connectivity index (χ4v) is 3.81. The Labute approximate surface area is 184 Å². The maximum atomic E-state index is 13.4. The highest BCUT2D eigenvalue weighted by Gasteiger charge is 2.23. The van der Waals surface area contributed by atoms with Crippen molar-refractivity contribution in [3.63, 3.8) is 0 Å². The number of rotatable bonds is 5. The molecule has 0 atom stereocenters. The number of carbonyl (C=O) groups excluding carboxylic acids is 1. The van der Waals surface area contributed by atoms with Crippen molar-refractivity contribution in [2.45, 2.75) is 19.9 Å². The van der Waals surface area contributed by atoms with E-state index in [0.29, 0.717) is 49.7 Å². The van der Waals surface area contributed by atoms with Crippen LogP contribution in [0.15, 0.2) is 59.4 Å². The third-order valence-electron chi connectivity index (χ3n) is 5.64. The topological polar surface area (TPSA) is 58.4 Å². The molecule has 1 amide bonds. The average Bonchev–Trinajstić information content (AvgIpc) is 2.81. The van der Waals surface area contributed by atoms with Gasteiger partial charge in [-0.1, -0.05) is 6.92 Å². The number of carbonyl (C=O) groups is 1. The van der Waals surface area contributed by atoms with Gasteiger partial charge in [0.15, 0.2) is 0 Å². The van der Waals surface area contributed by atoms with Crippen molar-refractivity contribution in [3.8, 4) is 11.4 Å².